The van der Waals surface area contributed by atoms with Gasteiger partial charge < -0.3 is 10.1 Å². The Balaban J connectivity index is 1.52. The summed E-state index contributed by atoms with van der Waals surface area (Å²) >= 11 is 0. The number of hydrogen-bond acceptors (Lipinski definition) is 4. The molecule has 0 radical (unpaired) electrons. The molecule has 0 atom stereocenters. The molecular weight excluding hydrogens is 398 g/mol. The first kappa shape index (κ1) is 22.3. The Labute approximate surface area is 190 Å². The van der Waals surface area contributed by atoms with Crippen LogP contribution in [-0.2, 0) is 13.0 Å². The zero-order chi connectivity index (χ0) is 22.3. The molecule has 0 saturated carbocycles. The summed E-state index contributed by atoms with van der Waals surface area (Å²) in [5.41, 5.74) is 4.51. The van der Waals surface area contributed by atoms with Gasteiger partial charge in [-0.25, -0.2) is 0 Å². The molecule has 168 valence electrons. The number of nitrogens with zero attached hydrogens (tertiary/aromatic N) is 2. The molecule has 0 fully saturated rings. The third kappa shape index (κ3) is 5.10. The number of benzene rings is 2. The second-order valence-electron chi connectivity index (χ2n) is 8.44. The van der Waals surface area contributed by atoms with Crippen LogP contribution in [-0.4, -0.2) is 35.5 Å². The molecule has 4 rings (SSSR count). The van der Waals surface area contributed by atoms with Gasteiger partial charge in [0.2, 0.25) is 0 Å². The lowest BCUT2D eigenvalue weighted by molar-refractivity contribution is 0.102. The van der Waals surface area contributed by atoms with Gasteiger partial charge in [-0.1, -0.05) is 51.3 Å². The third-order valence-electron chi connectivity index (χ3n) is 6.18. The molecule has 1 N–H and O–H groups in total. The fraction of sp³-hybridized carbons (Fsp3) is 0.407. The van der Waals surface area contributed by atoms with E-state index in [-0.39, 0.29) is 5.91 Å². The fourth-order valence-electron chi connectivity index (χ4n) is 4.32. The Morgan fingerprint density at radius 1 is 1.06 bits per heavy atom. The van der Waals surface area contributed by atoms with Crippen LogP contribution in [0.1, 0.15) is 61.1 Å². The average Bonchev–Trinajstić information content (AvgIpc) is 2.83. The van der Waals surface area contributed by atoms with Crippen LogP contribution in [0.4, 0.5) is 5.69 Å². The van der Waals surface area contributed by atoms with E-state index in [9.17, 15) is 4.79 Å². The Morgan fingerprint density at radius 3 is 2.66 bits per heavy atom. The molecule has 3 aromatic rings. The molecule has 0 unspecified atom stereocenters. The number of rotatable bonds is 9. The summed E-state index contributed by atoms with van der Waals surface area (Å²) in [5, 5.41) is 4.01. The normalized spacial score (nSPS) is 13.7. The first-order chi connectivity index (χ1) is 15.7. The summed E-state index contributed by atoms with van der Waals surface area (Å²) in [7, 11) is 0. The Bertz CT molecular complexity index is 1060. The summed E-state index contributed by atoms with van der Waals surface area (Å²) in [5.74, 6) is 0.760. The largest absolute Gasteiger partial charge is 0.494 e. The van der Waals surface area contributed by atoms with E-state index in [1.165, 1.54) is 19.3 Å². The van der Waals surface area contributed by atoms with Gasteiger partial charge in [0.05, 0.1) is 17.7 Å². The minimum Gasteiger partial charge on any atom is -0.494 e. The van der Waals surface area contributed by atoms with Gasteiger partial charge in [0.25, 0.3) is 5.91 Å². The minimum absolute atomic E-state index is 0.0777. The van der Waals surface area contributed by atoms with Gasteiger partial charge in [-0.3, -0.25) is 14.7 Å². The number of ether oxygens (including phenoxy) is 1. The van der Waals surface area contributed by atoms with Crippen LogP contribution in [0.5, 0.6) is 5.75 Å². The zero-order valence-electron chi connectivity index (χ0n) is 19.2. The second kappa shape index (κ2) is 10.6. The van der Waals surface area contributed by atoms with Gasteiger partial charge in [0, 0.05) is 41.8 Å². The van der Waals surface area contributed by atoms with Crippen LogP contribution in [0, 0.1) is 0 Å². The SMILES string of the molecule is CCCCCCOc1ccc(NC(=O)c2c3c(nc4ccccc24)CCN(CC)C3)cc1. The van der Waals surface area contributed by atoms with Gasteiger partial charge >= 0.3 is 0 Å². The number of hydrogen-bond donors (Lipinski definition) is 1. The number of fused-ring (bicyclic) bond motifs is 2. The average molecular weight is 432 g/mol. The monoisotopic (exact) mass is 431 g/mol. The molecule has 2 aromatic carbocycles. The molecule has 1 amide bonds. The molecule has 0 aliphatic carbocycles. The van der Waals surface area contributed by atoms with Crippen molar-refractivity contribution in [1.29, 1.82) is 0 Å². The van der Waals surface area contributed by atoms with Crippen molar-refractivity contribution in [2.24, 2.45) is 0 Å². The number of carbonyl (C=O) groups is 1. The van der Waals surface area contributed by atoms with Crippen molar-refractivity contribution >= 4 is 22.5 Å². The van der Waals surface area contributed by atoms with Crippen molar-refractivity contribution in [2.45, 2.75) is 52.5 Å². The van der Waals surface area contributed by atoms with Crippen molar-refractivity contribution in [1.82, 2.24) is 9.88 Å². The molecule has 0 spiro atoms. The number of aromatic nitrogens is 1. The smallest absolute Gasteiger partial charge is 0.256 e. The van der Waals surface area contributed by atoms with Crippen LogP contribution >= 0.6 is 0 Å². The van der Waals surface area contributed by atoms with Gasteiger partial charge in [0.15, 0.2) is 0 Å². The molecule has 0 saturated heterocycles. The van der Waals surface area contributed by atoms with Crippen LogP contribution in [0.2, 0.25) is 0 Å². The molecule has 1 aromatic heterocycles. The van der Waals surface area contributed by atoms with Crippen molar-refractivity contribution in [2.75, 3.05) is 25.0 Å². The summed E-state index contributed by atoms with van der Waals surface area (Å²) in [4.78, 5) is 20.7. The fourth-order valence-corrected chi connectivity index (χ4v) is 4.32. The van der Waals surface area contributed by atoms with E-state index in [2.05, 4.69) is 24.1 Å². The maximum atomic E-state index is 13.5. The van der Waals surface area contributed by atoms with Crippen molar-refractivity contribution in [3.8, 4) is 5.75 Å². The maximum absolute atomic E-state index is 13.5. The third-order valence-corrected chi connectivity index (χ3v) is 6.18. The number of carbonyl (C=O) groups excluding carboxylic acids is 1. The molecule has 1 aliphatic rings. The number of unbranched alkanes of at least 4 members (excludes halogenated alkanes) is 3. The van der Waals surface area contributed by atoms with Gasteiger partial charge in [-0.2, -0.15) is 0 Å². The Kier molecular flexibility index (Phi) is 7.38. The van der Waals surface area contributed by atoms with Crippen molar-refractivity contribution in [3.63, 3.8) is 0 Å². The van der Waals surface area contributed by atoms with Crippen LogP contribution in [0.3, 0.4) is 0 Å². The summed E-state index contributed by atoms with van der Waals surface area (Å²) in [6.07, 6.45) is 5.61. The van der Waals surface area contributed by atoms with Crippen LogP contribution in [0.15, 0.2) is 48.5 Å². The highest BCUT2D eigenvalue weighted by Crippen LogP contribution is 2.29. The first-order valence-electron chi connectivity index (χ1n) is 11.9. The molecule has 5 nitrogen and oxygen atoms in total. The Morgan fingerprint density at radius 2 is 1.88 bits per heavy atom. The number of pyridine rings is 1. The predicted octanol–water partition coefficient (Wildman–Crippen LogP) is 5.82. The van der Waals surface area contributed by atoms with Crippen molar-refractivity contribution < 1.29 is 9.53 Å². The predicted molar refractivity (Wildman–Crippen MR) is 130 cm³/mol. The lowest BCUT2D eigenvalue weighted by atomic mass is 9.95. The van der Waals surface area contributed by atoms with Gasteiger partial charge in [-0.15, -0.1) is 0 Å². The maximum Gasteiger partial charge on any atom is 0.256 e. The number of para-hydroxylation sites is 1. The highest BCUT2D eigenvalue weighted by Gasteiger charge is 2.25. The zero-order valence-corrected chi connectivity index (χ0v) is 19.2. The molecular formula is C27H33N3O2. The van der Waals surface area contributed by atoms with E-state index >= 15 is 0 Å². The van der Waals surface area contributed by atoms with E-state index in [4.69, 9.17) is 9.72 Å². The number of nitrogens with one attached hydrogen (secondary N) is 1. The summed E-state index contributed by atoms with van der Waals surface area (Å²) in [6, 6.07) is 15.6. The standard InChI is InChI=1S/C27H33N3O2/c1-3-5-6-9-18-32-21-14-12-20(13-15-21)28-27(31)26-22-10-7-8-11-24(22)29-25-16-17-30(4-2)19-23(25)26/h7-8,10-15H,3-6,9,16-19H2,1-2H3,(H,28,31). The molecule has 2 heterocycles. The van der Waals surface area contributed by atoms with Crippen LogP contribution in [0.25, 0.3) is 10.9 Å². The lowest BCUT2D eigenvalue weighted by Gasteiger charge is -2.29. The molecule has 1 aliphatic heterocycles. The van der Waals surface area contributed by atoms with E-state index in [0.29, 0.717) is 0 Å². The van der Waals surface area contributed by atoms with Crippen molar-refractivity contribution in [3.05, 3.63) is 65.4 Å². The van der Waals surface area contributed by atoms with Gasteiger partial charge in [-0.05, 0) is 43.3 Å². The number of amides is 1. The number of anilines is 1. The lowest BCUT2D eigenvalue weighted by Crippen LogP contribution is -2.33. The summed E-state index contributed by atoms with van der Waals surface area (Å²) in [6.45, 7) is 7.81. The quantitative estimate of drug-likeness (QED) is 0.434. The Hall–Kier alpha value is -2.92. The highest BCUT2D eigenvalue weighted by atomic mass is 16.5. The summed E-state index contributed by atoms with van der Waals surface area (Å²) < 4.78 is 5.83. The topological polar surface area (TPSA) is 54.5 Å². The van der Waals surface area contributed by atoms with E-state index in [1.807, 2.05) is 48.5 Å². The van der Waals surface area contributed by atoms with E-state index < -0.39 is 0 Å². The van der Waals surface area contributed by atoms with E-state index in [0.717, 1.165) is 78.2 Å². The molecule has 0 bridgehead atoms. The highest BCUT2D eigenvalue weighted by molar-refractivity contribution is 6.13. The van der Waals surface area contributed by atoms with Crippen LogP contribution < -0.4 is 10.1 Å². The van der Waals surface area contributed by atoms with E-state index in [1.54, 1.807) is 0 Å². The first-order valence-corrected chi connectivity index (χ1v) is 11.9. The number of likely N-dealkylation sites (N-methyl/N-ethyl adjacent to an activating group) is 1. The second-order valence-corrected chi connectivity index (χ2v) is 8.44. The molecule has 32 heavy (non-hydrogen) atoms. The minimum atomic E-state index is -0.0777. The van der Waals surface area contributed by atoms with Gasteiger partial charge in [0.1, 0.15) is 5.75 Å². The molecule has 5 heteroatoms.